The number of benzene rings is 1. The molecule has 1 aromatic carbocycles. The van der Waals surface area contributed by atoms with Gasteiger partial charge in [-0.3, -0.25) is 14.0 Å². The third-order valence-corrected chi connectivity index (χ3v) is 5.57. The summed E-state index contributed by atoms with van der Waals surface area (Å²) in [4.78, 5) is 39.2. The lowest BCUT2D eigenvalue weighted by molar-refractivity contribution is -0.125. The van der Waals surface area contributed by atoms with Crippen molar-refractivity contribution < 1.29 is 22.8 Å². The molecule has 0 aliphatic rings. The van der Waals surface area contributed by atoms with Gasteiger partial charge in [0.15, 0.2) is 0 Å². The van der Waals surface area contributed by atoms with Crippen LogP contribution in [0, 0.1) is 11.8 Å². The minimum Gasteiger partial charge on any atom is -0.382 e. The first-order chi connectivity index (χ1) is 18.5. The van der Waals surface area contributed by atoms with Crippen LogP contribution in [0.15, 0.2) is 66.1 Å². The predicted octanol–water partition coefficient (Wildman–Crippen LogP) is 4.30. The number of anilines is 1. The summed E-state index contributed by atoms with van der Waals surface area (Å²) < 4.78 is 39.5. The molecule has 0 saturated carbocycles. The van der Waals surface area contributed by atoms with E-state index in [0.717, 1.165) is 0 Å². The van der Waals surface area contributed by atoms with Gasteiger partial charge in [-0.05, 0) is 44.9 Å². The molecule has 0 aliphatic heterocycles. The number of imidazole rings is 1. The molecule has 2 heterocycles. The molecule has 0 aliphatic carbocycles. The first kappa shape index (κ1) is 28.6. The van der Waals surface area contributed by atoms with Crippen molar-refractivity contribution in [2.24, 2.45) is 4.99 Å². The number of amides is 2. The summed E-state index contributed by atoms with van der Waals surface area (Å²) in [5.41, 5.74) is 7.94. The minimum absolute atomic E-state index is 0.0145. The van der Waals surface area contributed by atoms with E-state index in [-0.39, 0.29) is 29.2 Å². The largest absolute Gasteiger partial charge is 0.409 e. The van der Waals surface area contributed by atoms with Crippen LogP contribution in [0.25, 0.3) is 16.8 Å². The Balaban J connectivity index is 1.96. The highest BCUT2D eigenvalue weighted by molar-refractivity contribution is 6.10. The Kier molecular flexibility index (Phi) is 8.88. The maximum absolute atomic E-state index is 12.7. The van der Waals surface area contributed by atoms with Crippen molar-refractivity contribution in [3.05, 3.63) is 72.5 Å². The molecule has 3 N–H and O–H groups in total. The smallest absolute Gasteiger partial charge is 0.382 e. The number of halogens is 3. The van der Waals surface area contributed by atoms with E-state index in [1.54, 1.807) is 50.5 Å². The van der Waals surface area contributed by atoms with Crippen LogP contribution in [0.3, 0.4) is 0 Å². The molecule has 0 unspecified atom stereocenters. The average molecular weight is 538 g/mol. The number of nitrogens with two attached hydrogens (primary N) is 1. The quantitative estimate of drug-likeness (QED) is 0.276. The summed E-state index contributed by atoms with van der Waals surface area (Å²) in [7, 11) is 1.62. The summed E-state index contributed by atoms with van der Waals surface area (Å²) in [6.45, 7) is 5.02. The van der Waals surface area contributed by atoms with Gasteiger partial charge in [-0.1, -0.05) is 24.1 Å². The molecule has 0 saturated heterocycles. The SMILES string of the molecule is CC#CC(=O)N(C)[C@@H](C)c1nc(-c2ccc(C(=O)NC(/C=C/C(F)(F)F)=N/C=C\C)cc2)c2c(N)nccn12. The summed E-state index contributed by atoms with van der Waals surface area (Å²) in [6.07, 6.45) is 2.08. The van der Waals surface area contributed by atoms with Crippen LogP contribution < -0.4 is 11.1 Å². The van der Waals surface area contributed by atoms with Crippen LogP contribution in [0.2, 0.25) is 0 Å². The molecule has 3 rings (SSSR count). The van der Waals surface area contributed by atoms with Gasteiger partial charge in [0.1, 0.15) is 28.7 Å². The van der Waals surface area contributed by atoms with Crippen molar-refractivity contribution in [2.75, 3.05) is 12.8 Å². The van der Waals surface area contributed by atoms with Crippen molar-refractivity contribution >= 4 is 29.0 Å². The average Bonchev–Trinajstić information content (AvgIpc) is 3.30. The molecule has 202 valence electrons. The molecular weight excluding hydrogens is 511 g/mol. The number of hydrogen-bond donors (Lipinski definition) is 2. The van der Waals surface area contributed by atoms with Crippen LogP contribution in [-0.4, -0.2) is 50.1 Å². The molecule has 9 nitrogen and oxygen atoms in total. The van der Waals surface area contributed by atoms with Crippen LogP contribution in [0.4, 0.5) is 19.0 Å². The topological polar surface area (TPSA) is 118 Å². The van der Waals surface area contributed by atoms with Gasteiger partial charge in [0.05, 0.1) is 6.04 Å². The van der Waals surface area contributed by atoms with Crippen LogP contribution in [-0.2, 0) is 4.79 Å². The Bertz CT molecular complexity index is 1520. The molecule has 39 heavy (non-hydrogen) atoms. The van der Waals surface area contributed by atoms with Crippen LogP contribution in [0.1, 0.15) is 43.0 Å². The van der Waals surface area contributed by atoms with Crippen molar-refractivity contribution in [3.8, 4) is 23.1 Å². The molecule has 2 amide bonds. The van der Waals surface area contributed by atoms with Crippen LogP contribution >= 0.6 is 0 Å². The van der Waals surface area contributed by atoms with E-state index in [2.05, 4.69) is 27.1 Å². The highest BCUT2D eigenvalue weighted by Crippen LogP contribution is 2.31. The second kappa shape index (κ2) is 12.1. The van der Waals surface area contributed by atoms with Crippen LogP contribution in [0.5, 0.6) is 0 Å². The Hall–Kier alpha value is -4.92. The molecule has 3 aromatic rings. The number of carbonyl (C=O) groups excluding carboxylic acids is 2. The Morgan fingerprint density at radius 2 is 1.95 bits per heavy atom. The fourth-order valence-electron chi connectivity index (χ4n) is 3.54. The number of nitrogens with one attached hydrogen (secondary N) is 1. The maximum Gasteiger partial charge on any atom is 0.409 e. The molecule has 1 atom stereocenters. The summed E-state index contributed by atoms with van der Waals surface area (Å²) in [6, 6.07) is 5.79. The van der Waals surface area contributed by atoms with Gasteiger partial charge in [0.25, 0.3) is 11.8 Å². The van der Waals surface area contributed by atoms with E-state index >= 15 is 0 Å². The zero-order valence-corrected chi connectivity index (χ0v) is 21.6. The monoisotopic (exact) mass is 537 g/mol. The highest BCUT2D eigenvalue weighted by Gasteiger charge is 2.25. The number of amidine groups is 1. The summed E-state index contributed by atoms with van der Waals surface area (Å²) in [5.74, 6) is 4.52. The fourth-order valence-corrected chi connectivity index (χ4v) is 3.54. The standard InChI is InChI=1S/C27H26F3N7O2/c1-5-7-21(38)36(4)17(3)25-35-22(23-24(31)33-15-16-37(23)25)18-8-10-19(11-9-18)26(39)34-20(32-14-6-2)12-13-27(28,29)30/h6,8-17H,1-4H3,(H2,31,33)(H,32,34,39)/b13-12+,14-6-/t17-/m0/s1. The van der Waals surface area contributed by atoms with Gasteiger partial charge < -0.3 is 16.0 Å². The van der Waals surface area contributed by atoms with E-state index in [1.807, 2.05) is 0 Å². The second-order valence-corrected chi connectivity index (χ2v) is 8.22. The Morgan fingerprint density at radius 1 is 1.26 bits per heavy atom. The molecule has 0 fully saturated rings. The van der Waals surface area contributed by atoms with Crippen molar-refractivity contribution in [3.63, 3.8) is 0 Å². The van der Waals surface area contributed by atoms with Gasteiger partial charge in [-0.2, -0.15) is 13.2 Å². The van der Waals surface area contributed by atoms with Gasteiger partial charge in [-0.15, -0.1) is 0 Å². The number of allylic oxidation sites excluding steroid dienone is 2. The molecule has 0 bridgehead atoms. The number of rotatable bonds is 6. The molecule has 0 spiro atoms. The normalized spacial score (nSPS) is 12.9. The van der Waals surface area contributed by atoms with Gasteiger partial charge in [0, 0.05) is 42.8 Å². The van der Waals surface area contributed by atoms with Crippen molar-refractivity contribution in [2.45, 2.75) is 33.0 Å². The maximum atomic E-state index is 12.7. The molecule has 12 heteroatoms. The number of fused-ring (bicyclic) bond motifs is 1. The van der Waals surface area contributed by atoms with E-state index in [9.17, 15) is 22.8 Å². The number of carbonyl (C=O) groups is 2. The van der Waals surface area contributed by atoms with E-state index in [1.165, 1.54) is 35.5 Å². The van der Waals surface area contributed by atoms with Gasteiger partial charge in [-0.25, -0.2) is 15.0 Å². The first-order valence-corrected chi connectivity index (χ1v) is 11.7. The van der Waals surface area contributed by atoms with Gasteiger partial charge in [0.2, 0.25) is 0 Å². The Labute approximate surface area is 223 Å². The van der Waals surface area contributed by atoms with E-state index < -0.39 is 18.1 Å². The third kappa shape index (κ3) is 6.89. The number of aliphatic imine (C=N–C) groups is 1. The van der Waals surface area contributed by atoms with Gasteiger partial charge >= 0.3 is 6.18 Å². The molecule has 0 radical (unpaired) electrons. The number of aromatic nitrogens is 3. The molecular formula is C27H26F3N7O2. The van der Waals surface area contributed by atoms with E-state index in [4.69, 9.17) is 10.7 Å². The lowest BCUT2D eigenvalue weighted by atomic mass is 10.1. The highest BCUT2D eigenvalue weighted by atomic mass is 19.4. The number of nitrogens with zero attached hydrogens (tertiary/aromatic N) is 5. The first-order valence-electron chi connectivity index (χ1n) is 11.7. The zero-order chi connectivity index (χ0) is 28.7. The van der Waals surface area contributed by atoms with Crippen molar-refractivity contribution in [1.29, 1.82) is 0 Å². The summed E-state index contributed by atoms with van der Waals surface area (Å²) >= 11 is 0. The lowest BCUT2D eigenvalue weighted by Crippen LogP contribution is -2.29. The number of alkyl halides is 3. The lowest BCUT2D eigenvalue weighted by Gasteiger charge is -2.21. The Morgan fingerprint density at radius 3 is 2.56 bits per heavy atom. The van der Waals surface area contributed by atoms with E-state index in [0.29, 0.717) is 28.7 Å². The minimum atomic E-state index is -4.56. The third-order valence-electron chi connectivity index (χ3n) is 5.57. The fraction of sp³-hybridized carbons (Fsp3) is 0.222. The molecule has 2 aromatic heterocycles. The van der Waals surface area contributed by atoms with Crippen molar-refractivity contribution in [1.82, 2.24) is 24.6 Å². The predicted molar refractivity (Wildman–Crippen MR) is 142 cm³/mol. The zero-order valence-electron chi connectivity index (χ0n) is 21.6. The number of nitrogen functional groups attached to an aromatic ring is 1. The summed E-state index contributed by atoms with van der Waals surface area (Å²) in [5, 5.41) is 2.37. The number of hydrogen-bond acceptors (Lipinski definition) is 6. The second-order valence-electron chi connectivity index (χ2n) is 8.22.